The Hall–Kier alpha value is -1.44. The van der Waals surface area contributed by atoms with E-state index >= 15 is 0 Å². The topological polar surface area (TPSA) is 84.5 Å². The van der Waals surface area contributed by atoms with Crippen LogP contribution in [0.15, 0.2) is 29.2 Å². The minimum atomic E-state index is -3.64. The third kappa shape index (κ3) is 5.82. The smallest absolute Gasteiger partial charge is 0.250 e. The Bertz CT molecular complexity index is 591. The van der Waals surface area contributed by atoms with Gasteiger partial charge in [-0.3, -0.25) is 4.79 Å². The zero-order chi connectivity index (χ0) is 16.1. The molecule has 0 radical (unpaired) electrons. The molecule has 0 heterocycles. The first-order valence-electron chi connectivity index (χ1n) is 6.68. The molecule has 0 aromatic heterocycles. The number of rotatable bonds is 6. The Morgan fingerprint density at radius 1 is 1.24 bits per heavy atom. The first kappa shape index (κ1) is 17.6. The van der Waals surface area contributed by atoms with E-state index in [9.17, 15) is 13.2 Å². The average Bonchev–Trinajstić information content (AvgIpc) is 2.36. The zero-order valence-electron chi connectivity index (χ0n) is 12.8. The van der Waals surface area contributed by atoms with E-state index in [0.29, 0.717) is 0 Å². The molecule has 0 atom stereocenters. The van der Waals surface area contributed by atoms with Gasteiger partial charge in [-0.25, -0.2) is 13.1 Å². The number of nitrogens with one attached hydrogen (secondary N) is 2. The van der Waals surface area contributed by atoms with Crippen LogP contribution in [-0.4, -0.2) is 33.1 Å². The Morgan fingerprint density at radius 2 is 1.86 bits per heavy atom. The first-order valence-corrected chi connectivity index (χ1v) is 8.16. The maximum absolute atomic E-state index is 12.1. The van der Waals surface area contributed by atoms with Gasteiger partial charge >= 0.3 is 0 Å². The molecule has 118 valence electrons. The molecule has 2 N–H and O–H groups in total. The number of hydrogen-bond donors (Lipinski definition) is 2. The van der Waals surface area contributed by atoms with Gasteiger partial charge in [-0.05, 0) is 32.9 Å². The summed E-state index contributed by atoms with van der Waals surface area (Å²) >= 11 is 0. The van der Waals surface area contributed by atoms with Crippen LogP contribution in [0.25, 0.3) is 0 Å². The largest absolute Gasteiger partial charge is 0.366 e. The standard InChI is InChI=1S/C14H22N2O4S/c1-5-15-21(18,19)12-9-7-6-8-11(12)16-13(17)10-20-14(2,3)4/h6-9,15H,5,10H2,1-4H3,(H,16,17). The molecular formula is C14H22N2O4S. The van der Waals surface area contributed by atoms with Crippen LogP contribution >= 0.6 is 0 Å². The quantitative estimate of drug-likeness (QED) is 0.837. The number of carbonyl (C=O) groups excluding carboxylic acids is 1. The van der Waals surface area contributed by atoms with Crippen molar-refractivity contribution < 1.29 is 17.9 Å². The van der Waals surface area contributed by atoms with Crippen molar-refractivity contribution in [3.8, 4) is 0 Å². The lowest BCUT2D eigenvalue weighted by atomic mass is 10.2. The minimum absolute atomic E-state index is 0.0379. The van der Waals surface area contributed by atoms with Crippen LogP contribution in [0.3, 0.4) is 0 Å². The predicted molar refractivity (Wildman–Crippen MR) is 81.6 cm³/mol. The summed E-state index contributed by atoms with van der Waals surface area (Å²) in [5.74, 6) is -0.399. The Balaban J connectivity index is 2.88. The van der Waals surface area contributed by atoms with Crippen LogP contribution in [-0.2, 0) is 19.6 Å². The maximum Gasteiger partial charge on any atom is 0.250 e. The van der Waals surface area contributed by atoms with Crippen LogP contribution in [0.4, 0.5) is 5.69 Å². The minimum Gasteiger partial charge on any atom is -0.366 e. The number of amides is 1. The van der Waals surface area contributed by atoms with Crippen molar-refractivity contribution in [3.05, 3.63) is 24.3 Å². The highest BCUT2D eigenvalue weighted by Crippen LogP contribution is 2.20. The average molecular weight is 314 g/mol. The van der Waals surface area contributed by atoms with E-state index in [-0.39, 0.29) is 23.7 Å². The number of sulfonamides is 1. The van der Waals surface area contributed by atoms with Crippen molar-refractivity contribution in [2.45, 2.75) is 38.2 Å². The molecule has 0 bridgehead atoms. The molecule has 1 rings (SSSR count). The molecule has 7 heteroatoms. The third-order valence-electron chi connectivity index (χ3n) is 2.42. The van der Waals surface area contributed by atoms with Crippen LogP contribution in [0.2, 0.25) is 0 Å². The Labute approximate surface area is 125 Å². The van der Waals surface area contributed by atoms with Gasteiger partial charge in [0.2, 0.25) is 15.9 Å². The van der Waals surface area contributed by atoms with Gasteiger partial charge in [-0.1, -0.05) is 19.1 Å². The van der Waals surface area contributed by atoms with Crippen LogP contribution in [0.1, 0.15) is 27.7 Å². The molecule has 0 saturated heterocycles. The van der Waals surface area contributed by atoms with E-state index in [1.807, 2.05) is 20.8 Å². The van der Waals surface area contributed by atoms with E-state index in [1.165, 1.54) is 6.07 Å². The van der Waals surface area contributed by atoms with Crippen LogP contribution in [0.5, 0.6) is 0 Å². The summed E-state index contributed by atoms with van der Waals surface area (Å²) in [6, 6.07) is 6.24. The van der Waals surface area contributed by atoms with Gasteiger partial charge in [-0.15, -0.1) is 0 Å². The second kappa shape index (κ2) is 7.02. The number of para-hydroxylation sites is 1. The molecule has 0 aliphatic carbocycles. The van der Waals surface area contributed by atoms with Gasteiger partial charge in [0.1, 0.15) is 11.5 Å². The van der Waals surface area contributed by atoms with Crippen LogP contribution in [0, 0.1) is 0 Å². The fourth-order valence-electron chi connectivity index (χ4n) is 1.54. The molecule has 1 amide bonds. The molecule has 1 aromatic rings. The van der Waals surface area contributed by atoms with E-state index in [2.05, 4.69) is 10.0 Å². The Kier molecular flexibility index (Phi) is 5.88. The van der Waals surface area contributed by atoms with Crippen molar-refractivity contribution in [3.63, 3.8) is 0 Å². The van der Waals surface area contributed by atoms with Crippen LogP contribution < -0.4 is 10.0 Å². The highest BCUT2D eigenvalue weighted by molar-refractivity contribution is 7.89. The number of ether oxygens (including phenoxy) is 1. The number of carbonyl (C=O) groups is 1. The monoisotopic (exact) mass is 314 g/mol. The van der Waals surface area contributed by atoms with Crippen molar-refractivity contribution in [1.82, 2.24) is 4.72 Å². The lowest BCUT2D eigenvalue weighted by molar-refractivity contribution is -0.125. The molecule has 0 unspecified atom stereocenters. The molecule has 0 fully saturated rings. The lowest BCUT2D eigenvalue weighted by Crippen LogP contribution is -2.28. The van der Waals surface area contributed by atoms with Gasteiger partial charge < -0.3 is 10.1 Å². The second-order valence-corrected chi connectivity index (χ2v) is 7.18. The van der Waals surface area contributed by atoms with E-state index < -0.39 is 21.5 Å². The number of hydrogen-bond acceptors (Lipinski definition) is 4. The molecule has 21 heavy (non-hydrogen) atoms. The lowest BCUT2D eigenvalue weighted by Gasteiger charge is -2.19. The van der Waals surface area contributed by atoms with Gasteiger partial charge in [0.15, 0.2) is 0 Å². The summed E-state index contributed by atoms with van der Waals surface area (Å²) in [6.07, 6.45) is 0. The summed E-state index contributed by atoms with van der Waals surface area (Å²) < 4.78 is 31.9. The third-order valence-corrected chi connectivity index (χ3v) is 4.03. The normalized spacial score (nSPS) is 12.2. The highest BCUT2D eigenvalue weighted by Gasteiger charge is 2.19. The molecule has 0 aliphatic rings. The first-order chi connectivity index (χ1) is 9.65. The molecule has 0 aliphatic heterocycles. The predicted octanol–water partition coefficient (Wildman–Crippen LogP) is 1.74. The van der Waals surface area contributed by atoms with E-state index in [1.54, 1.807) is 25.1 Å². The van der Waals surface area contributed by atoms with Gasteiger partial charge in [0.05, 0.1) is 11.3 Å². The van der Waals surface area contributed by atoms with Crippen molar-refractivity contribution in [2.24, 2.45) is 0 Å². The molecule has 1 aromatic carbocycles. The molecule has 0 saturated carbocycles. The maximum atomic E-state index is 12.1. The fourth-order valence-corrected chi connectivity index (χ4v) is 2.74. The Morgan fingerprint density at radius 3 is 2.43 bits per heavy atom. The van der Waals surface area contributed by atoms with Crippen molar-refractivity contribution in [1.29, 1.82) is 0 Å². The van der Waals surface area contributed by atoms with Crippen molar-refractivity contribution in [2.75, 3.05) is 18.5 Å². The second-order valence-electron chi connectivity index (χ2n) is 5.45. The van der Waals surface area contributed by atoms with E-state index in [0.717, 1.165) is 0 Å². The van der Waals surface area contributed by atoms with E-state index in [4.69, 9.17) is 4.74 Å². The summed E-state index contributed by atoms with van der Waals surface area (Å²) in [5.41, 5.74) is -0.201. The SMILES string of the molecule is CCNS(=O)(=O)c1ccccc1NC(=O)COC(C)(C)C. The molecule has 6 nitrogen and oxygen atoms in total. The van der Waals surface area contributed by atoms with Gasteiger partial charge in [-0.2, -0.15) is 0 Å². The highest BCUT2D eigenvalue weighted by atomic mass is 32.2. The van der Waals surface area contributed by atoms with Crippen molar-refractivity contribution >= 4 is 21.6 Å². The van der Waals surface area contributed by atoms with Gasteiger partial charge in [0, 0.05) is 6.54 Å². The van der Waals surface area contributed by atoms with Gasteiger partial charge in [0.25, 0.3) is 0 Å². The number of anilines is 1. The number of benzene rings is 1. The summed E-state index contributed by atoms with van der Waals surface area (Å²) in [7, 11) is -3.64. The summed E-state index contributed by atoms with van der Waals surface area (Å²) in [4.78, 5) is 11.9. The molecule has 0 spiro atoms. The summed E-state index contributed by atoms with van der Waals surface area (Å²) in [5, 5.41) is 2.56. The molecular weight excluding hydrogens is 292 g/mol. The summed E-state index contributed by atoms with van der Waals surface area (Å²) in [6.45, 7) is 7.34. The fraction of sp³-hybridized carbons (Fsp3) is 0.500. The zero-order valence-corrected chi connectivity index (χ0v) is 13.6.